The highest BCUT2D eigenvalue weighted by Gasteiger charge is 2.77. The zero-order chi connectivity index (χ0) is 41.4. The molecule has 8 rings (SSSR count). The number of hydrogen-bond acceptors (Lipinski definition) is 8. The molecule has 0 aromatic carbocycles. The normalized spacial score (nSPS) is 52.5. The predicted octanol–water partition coefficient (Wildman–Crippen LogP) is 6.28. The number of hydrogen-bond donors (Lipinski definition) is 4. The van der Waals surface area contributed by atoms with Crippen LogP contribution in [-0.2, 0) is 19.2 Å². The van der Waals surface area contributed by atoms with E-state index in [0.29, 0.717) is 38.5 Å². The first kappa shape index (κ1) is 42.1. The van der Waals surface area contributed by atoms with Crippen molar-refractivity contribution in [3.05, 3.63) is 47.6 Å². The van der Waals surface area contributed by atoms with Gasteiger partial charge in [0.2, 0.25) is 0 Å². The number of Topliss-reactive ketones (excluding diaryl/α,β-unsaturated/α-hetero) is 2. The number of aliphatic hydroxyl groups is 4. The van der Waals surface area contributed by atoms with Gasteiger partial charge in [0.15, 0.2) is 34.5 Å². The van der Waals surface area contributed by atoms with Crippen molar-refractivity contribution in [2.24, 2.45) is 57.2 Å². The Balaban J connectivity index is 0.000000172. The van der Waals surface area contributed by atoms with Gasteiger partial charge < -0.3 is 20.4 Å². The maximum absolute atomic E-state index is 16.9. The predicted molar refractivity (Wildman–Crippen MR) is 207 cm³/mol. The van der Waals surface area contributed by atoms with E-state index in [4.69, 9.17) is 23.2 Å². The minimum Gasteiger partial charge on any atom is -0.390 e. The van der Waals surface area contributed by atoms with Gasteiger partial charge in [-0.2, -0.15) is 0 Å². The lowest BCUT2D eigenvalue weighted by molar-refractivity contribution is -0.218. The summed E-state index contributed by atoms with van der Waals surface area (Å²) in [6.45, 7) is 10.8. The van der Waals surface area contributed by atoms with E-state index < -0.39 is 79.8 Å². The largest absolute Gasteiger partial charge is 0.390 e. The summed E-state index contributed by atoms with van der Waals surface area (Å²) >= 11 is 11.6. The van der Waals surface area contributed by atoms with Crippen molar-refractivity contribution in [2.45, 2.75) is 128 Å². The minimum absolute atomic E-state index is 0.0151. The molecule has 308 valence electrons. The Morgan fingerprint density at radius 3 is 1.34 bits per heavy atom. The molecular formula is C44H56Cl2F2O8. The Hall–Kier alpha value is -2.08. The first-order valence-electron chi connectivity index (χ1n) is 20.2. The SMILES string of the molecule is C[C@H]1C[C@H]2[C@@H]3CCC4=CC(=O)C=C[C@]4(C)[C@@]3(F)[C@@H](O)C[C@]2(C)[C@@]1(O)C(=O)CCl.C[C@H]1C[C@H]2[C@@H]3CCC4=CC(=O)C=C[C@]4(C)[C@@]3(F)[C@@H](O)C[C@]2(C)[C@@]1(O)C(=O)CCl. The molecule has 6 saturated carbocycles. The molecule has 16 atom stereocenters. The second-order valence-corrected chi connectivity index (χ2v) is 20.0. The van der Waals surface area contributed by atoms with E-state index in [2.05, 4.69) is 0 Å². The fraction of sp³-hybridized carbons (Fsp3) is 0.727. The molecule has 0 aromatic heterocycles. The Labute approximate surface area is 337 Å². The van der Waals surface area contributed by atoms with Gasteiger partial charge in [-0.05, 0) is 113 Å². The third-order valence-electron chi connectivity index (χ3n) is 17.5. The second-order valence-electron chi connectivity index (χ2n) is 19.4. The summed E-state index contributed by atoms with van der Waals surface area (Å²) in [5.74, 6) is -4.07. The summed E-state index contributed by atoms with van der Waals surface area (Å²) in [7, 11) is 0. The van der Waals surface area contributed by atoms with Crippen LogP contribution in [0.15, 0.2) is 47.6 Å². The van der Waals surface area contributed by atoms with E-state index in [1.807, 2.05) is 27.7 Å². The average Bonchev–Trinajstić information content (AvgIpc) is 3.48. The molecule has 56 heavy (non-hydrogen) atoms. The standard InChI is InChI=1S/2C22H28ClFO4/c2*1-12-8-16-15-5-4-13-9-14(25)6-7-19(13,2)21(15,24)17(26)10-20(16,3)22(12,28)18(27)11-23/h2*6-7,9,12,15-17,26,28H,4-5,8,10-11H2,1-3H3/t2*12-,15-,16-,17-,19-,20-,21-,22-/m00/s1. The van der Waals surface area contributed by atoms with E-state index >= 15 is 8.78 Å². The molecule has 0 radical (unpaired) electrons. The number of carbonyl (C=O) groups is 4. The van der Waals surface area contributed by atoms with Gasteiger partial charge in [-0.3, -0.25) is 19.2 Å². The average molecular weight is 822 g/mol. The van der Waals surface area contributed by atoms with E-state index in [1.165, 1.54) is 24.3 Å². The quantitative estimate of drug-likeness (QED) is 0.242. The molecule has 0 aromatic rings. The molecule has 0 unspecified atom stereocenters. The van der Waals surface area contributed by atoms with Crippen LogP contribution in [0.5, 0.6) is 0 Å². The number of rotatable bonds is 4. The molecule has 8 nitrogen and oxygen atoms in total. The van der Waals surface area contributed by atoms with E-state index in [0.717, 1.165) is 11.1 Å². The zero-order valence-electron chi connectivity index (χ0n) is 33.1. The molecule has 0 heterocycles. The van der Waals surface area contributed by atoms with Gasteiger partial charge in [0, 0.05) is 33.5 Å². The van der Waals surface area contributed by atoms with Crippen LogP contribution in [0.25, 0.3) is 0 Å². The molecule has 4 N–H and O–H groups in total. The lowest BCUT2D eigenvalue weighted by atomic mass is 9.44. The Bertz CT molecular complexity index is 1750. The van der Waals surface area contributed by atoms with Gasteiger partial charge >= 0.3 is 0 Å². The third kappa shape index (κ3) is 4.89. The minimum atomic E-state index is -1.95. The van der Waals surface area contributed by atoms with Gasteiger partial charge in [-0.25, -0.2) is 8.78 Å². The number of aliphatic hydroxyl groups excluding tert-OH is 2. The van der Waals surface area contributed by atoms with E-state index in [9.17, 15) is 39.6 Å². The number of halogens is 4. The van der Waals surface area contributed by atoms with Crippen LogP contribution >= 0.6 is 23.2 Å². The fourth-order valence-corrected chi connectivity index (χ4v) is 14.9. The molecule has 0 aliphatic heterocycles. The monoisotopic (exact) mass is 820 g/mol. The molecule has 0 saturated heterocycles. The zero-order valence-corrected chi connectivity index (χ0v) is 34.6. The first-order chi connectivity index (χ1) is 25.9. The Kier molecular flexibility index (Phi) is 9.92. The van der Waals surface area contributed by atoms with Crippen molar-refractivity contribution >= 4 is 46.3 Å². The Morgan fingerprint density at radius 2 is 1.02 bits per heavy atom. The number of carbonyl (C=O) groups excluding carboxylic acids is 4. The van der Waals surface area contributed by atoms with Gasteiger partial charge in [0.25, 0.3) is 0 Å². The number of fused-ring (bicyclic) bond motifs is 10. The molecular weight excluding hydrogens is 765 g/mol. The van der Waals surface area contributed by atoms with Crippen molar-refractivity contribution < 1.29 is 48.4 Å². The van der Waals surface area contributed by atoms with Gasteiger partial charge in [-0.15, -0.1) is 23.2 Å². The lowest BCUT2D eigenvalue weighted by Crippen LogP contribution is -2.69. The second kappa shape index (κ2) is 13.2. The van der Waals surface area contributed by atoms with Crippen LogP contribution in [0.1, 0.15) is 92.9 Å². The fourth-order valence-electron chi connectivity index (χ4n) is 14.5. The number of allylic oxidation sites excluding steroid dienone is 8. The highest BCUT2D eigenvalue weighted by molar-refractivity contribution is 6.29. The smallest absolute Gasteiger partial charge is 0.179 e. The summed E-state index contributed by atoms with van der Waals surface area (Å²) in [4.78, 5) is 49.0. The van der Waals surface area contributed by atoms with E-state index in [1.54, 1.807) is 26.0 Å². The van der Waals surface area contributed by atoms with Crippen molar-refractivity contribution in [1.29, 1.82) is 0 Å². The summed E-state index contributed by atoms with van der Waals surface area (Å²) in [6, 6.07) is 0. The number of alkyl halides is 4. The highest BCUT2D eigenvalue weighted by Crippen LogP contribution is 2.72. The molecule has 0 bridgehead atoms. The van der Waals surface area contributed by atoms with Crippen molar-refractivity contribution in [3.8, 4) is 0 Å². The summed E-state index contributed by atoms with van der Waals surface area (Å²) < 4.78 is 33.8. The summed E-state index contributed by atoms with van der Waals surface area (Å²) in [5, 5.41) is 45.2. The number of ketones is 4. The highest BCUT2D eigenvalue weighted by atomic mass is 35.5. The maximum Gasteiger partial charge on any atom is 0.179 e. The van der Waals surface area contributed by atoms with Crippen molar-refractivity contribution in [2.75, 3.05) is 11.8 Å². The van der Waals surface area contributed by atoms with Crippen LogP contribution in [0, 0.1) is 57.2 Å². The molecule has 0 spiro atoms. The molecule has 12 heteroatoms. The molecule has 8 aliphatic carbocycles. The molecule has 6 fully saturated rings. The van der Waals surface area contributed by atoms with Crippen LogP contribution in [-0.4, -0.2) is 90.1 Å². The summed E-state index contributed by atoms with van der Waals surface area (Å²) in [6.07, 6.45) is 9.37. The lowest BCUT2D eigenvalue weighted by Gasteiger charge is -2.62. The topological polar surface area (TPSA) is 149 Å². The Morgan fingerprint density at radius 1 is 0.679 bits per heavy atom. The van der Waals surface area contributed by atoms with Crippen molar-refractivity contribution in [1.82, 2.24) is 0 Å². The van der Waals surface area contributed by atoms with Gasteiger partial charge in [0.1, 0.15) is 11.2 Å². The molecule has 0 amide bonds. The maximum atomic E-state index is 16.9. The van der Waals surface area contributed by atoms with Crippen molar-refractivity contribution in [3.63, 3.8) is 0 Å². The van der Waals surface area contributed by atoms with Gasteiger partial charge in [0.05, 0.1) is 24.0 Å². The first-order valence-corrected chi connectivity index (χ1v) is 21.3. The van der Waals surface area contributed by atoms with Crippen LogP contribution < -0.4 is 0 Å². The van der Waals surface area contributed by atoms with E-state index in [-0.39, 0.29) is 59.8 Å². The molecule has 8 aliphatic rings. The van der Waals surface area contributed by atoms with Crippen LogP contribution in [0.2, 0.25) is 0 Å². The van der Waals surface area contributed by atoms with Crippen LogP contribution in [0.4, 0.5) is 8.78 Å². The van der Waals surface area contributed by atoms with Crippen LogP contribution in [0.3, 0.4) is 0 Å². The summed E-state index contributed by atoms with van der Waals surface area (Å²) in [5.41, 5.74) is -9.81. The van der Waals surface area contributed by atoms with Gasteiger partial charge in [-0.1, -0.05) is 51.0 Å². The third-order valence-corrected chi connectivity index (χ3v) is 18.0.